The Morgan fingerprint density at radius 3 is 2.53 bits per heavy atom. The second kappa shape index (κ2) is 10.1. The van der Waals surface area contributed by atoms with Crippen molar-refractivity contribution in [3.05, 3.63) is 81.2 Å². The van der Waals surface area contributed by atoms with Crippen LogP contribution in [0.5, 0.6) is 0 Å². The van der Waals surface area contributed by atoms with Crippen LogP contribution >= 0.6 is 11.6 Å². The molecule has 0 aliphatic carbocycles. The van der Waals surface area contributed by atoms with Crippen molar-refractivity contribution < 1.29 is 14.3 Å². The Hall–Kier alpha value is -3.65. The average Bonchev–Trinajstić information content (AvgIpc) is 2.83. The van der Waals surface area contributed by atoms with E-state index in [0.717, 1.165) is 5.56 Å². The predicted octanol–water partition coefficient (Wildman–Crippen LogP) is 3.86. The van der Waals surface area contributed by atoms with E-state index in [2.05, 4.69) is 30.7 Å². The first-order valence-electron chi connectivity index (χ1n) is 11.7. The number of rotatable bonds is 8. The molecule has 0 unspecified atom stereocenters. The van der Waals surface area contributed by atoms with E-state index in [1.165, 1.54) is 10.6 Å². The molecule has 0 bridgehead atoms. The first-order valence-corrected chi connectivity index (χ1v) is 12.1. The largest absolute Gasteiger partial charge is 0.494 e. The van der Waals surface area contributed by atoms with Crippen molar-refractivity contribution in [2.24, 2.45) is 5.41 Å². The lowest BCUT2D eigenvalue weighted by Gasteiger charge is -2.45. The van der Waals surface area contributed by atoms with Crippen LogP contribution in [0.1, 0.15) is 42.3 Å². The molecule has 3 heterocycles. The SMILES string of the molecule is C=C(OCC)c1cnc2c(c1)cc(C(=O)NCc1ccc(Cl)cc1)c(=O)n2CC(=O)N1CC(C)(C)C1. The first-order chi connectivity index (χ1) is 17.1. The fourth-order valence-corrected chi connectivity index (χ4v) is 4.39. The van der Waals surface area contributed by atoms with Gasteiger partial charge >= 0.3 is 0 Å². The molecule has 0 atom stereocenters. The number of nitrogens with one attached hydrogen (secondary N) is 1. The molecule has 0 spiro atoms. The highest BCUT2D eigenvalue weighted by Gasteiger charge is 2.37. The lowest BCUT2D eigenvalue weighted by atomic mass is 9.84. The van der Waals surface area contributed by atoms with Gasteiger partial charge in [-0.15, -0.1) is 0 Å². The van der Waals surface area contributed by atoms with Crippen LogP contribution in [0.25, 0.3) is 16.8 Å². The van der Waals surface area contributed by atoms with Gasteiger partial charge in [-0.25, -0.2) is 4.98 Å². The third-order valence-electron chi connectivity index (χ3n) is 6.06. The maximum absolute atomic E-state index is 13.4. The number of halogens is 1. The Morgan fingerprint density at radius 1 is 1.19 bits per heavy atom. The molecule has 9 heteroatoms. The minimum Gasteiger partial charge on any atom is -0.494 e. The molecule has 1 aromatic carbocycles. The van der Waals surface area contributed by atoms with Crippen molar-refractivity contribution in [3.8, 4) is 0 Å². The summed E-state index contributed by atoms with van der Waals surface area (Å²) in [5.41, 5.74) is 1.18. The number of nitrogens with zero attached hydrogens (tertiary/aromatic N) is 3. The summed E-state index contributed by atoms with van der Waals surface area (Å²) in [4.78, 5) is 45.6. The zero-order valence-corrected chi connectivity index (χ0v) is 21.4. The summed E-state index contributed by atoms with van der Waals surface area (Å²) in [6, 6.07) is 10.3. The molecule has 1 N–H and O–H groups in total. The molecule has 4 rings (SSSR count). The van der Waals surface area contributed by atoms with E-state index in [9.17, 15) is 14.4 Å². The van der Waals surface area contributed by atoms with Gasteiger partial charge in [-0.05, 0) is 42.2 Å². The fourth-order valence-electron chi connectivity index (χ4n) is 4.26. The number of carbonyl (C=O) groups is 2. The maximum Gasteiger partial charge on any atom is 0.265 e. The highest BCUT2D eigenvalue weighted by Crippen LogP contribution is 2.29. The molecular formula is C27H29ClN4O4. The van der Waals surface area contributed by atoms with E-state index in [1.807, 2.05) is 6.92 Å². The number of aromatic nitrogens is 2. The van der Waals surface area contributed by atoms with Gasteiger partial charge < -0.3 is 15.0 Å². The van der Waals surface area contributed by atoms with Gasteiger partial charge in [0.15, 0.2) is 0 Å². The molecule has 0 saturated carbocycles. The monoisotopic (exact) mass is 508 g/mol. The van der Waals surface area contributed by atoms with E-state index in [4.69, 9.17) is 16.3 Å². The number of carbonyl (C=O) groups excluding carboxylic acids is 2. The minimum absolute atomic E-state index is 0.0544. The summed E-state index contributed by atoms with van der Waals surface area (Å²) in [5, 5.41) is 3.90. The second-order valence-corrected chi connectivity index (χ2v) is 10.1. The number of hydrogen-bond acceptors (Lipinski definition) is 5. The van der Waals surface area contributed by atoms with Gasteiger partial charge in [-0.2, -0.15) is 0 Å². The third kappa shape index (κ3) is 5.44. The topological polar surface area (TPSA) is 93.5 Å². The molecule has 1 aliphatic heterocycles. The van der Waals surface area contributed by atoms with E-state index in [-0.39, 0.29) is 30.0 Å². The van der Waals surface area contributed by atoms with Gasteiger partial charge in [-0.3, -0.25) is 19.0 Å². The zero-order valence-electron chi connectivity index (χ0n) is 20.6. The van der Waals surface area contributed by atoms with Crippen molar-refractivity contribution in [2.45, 2.75) is 33.9 Å². The number of fused-ring (bicyclic) bond motifs is 1. The molecule has 2 amide bonds. The molecule has 36 heavy (non-hydrogen) atoms. The number of pyridine rings is 2. The Bertz CT molecular complexity index is 1390. The maximum atomic E-state index is 13.4. The highest BCUT2D eigenvalue weighted by molar-refractivity contribution is 6.30. The number of amides is 2. The van der Waals surface area contributed by atoms with Crippen LogP contribution in [0.15, 0.2) is 54.0 Å². The van der Waals surface area contributed by atoms with E-state index in [1.54, 1.807) is 41.4 Å². The van der Waals surface area contributed by atoms with Gasteiger partial charge in [0.2, 0.25) is 5.91 Å². The van der Waals surface area contributed by atoms with E-state index < -0.39 is 11.5 Å². The first kappa shape index (κ1) is 25.4. The van der Waals surface area contributed by atoms with Crippen molar-refractivity contribution in [1.82, 2.24) is 19.8 Å². The smallest absolute Gasteiger partial charge is 0.265 e. The van der Waals surface area contributed by atoms with Gasteiger partial charge in [0, 0.05) is 41.8 Å². The third-order valence-corrected chi connectivity index (χ3v) is 6.31. The number of hydrogen-bond donors (Lipinski definition) is 1. The predicted molar refractivity (Wildman–Crippen MR) is 140 cm³/mol. The van der Waals surface area contributed by atoms with Gasteiger partial charge in [0.05, 0.1) is 6.61 Å². The average molecular weight is 509 g/mol. The van der Waals surface area contributed by atoms with Crippen LogP contribution in [0.2, 0.25) is 5.02 Å². The zero-order chi connectivity index (χ0) is 26.0. The Morgan fingerprint density at radius 2 is 1.89 bits per heavy atom. The Kier molecular flexibility index (Phi) is 7.17. The normalized spacial score (nSPS) is 14.3. The van der Waals surface area contributed by atoms with Crippen molar-refractivity contribution in [3.63, 3.8) is 0 Å². The summed E-state index contributed by atoms with van der Waals surface area (Å²) in [6.07, 6.45) is 1.55. The highest BCUT2D eigenvalue weighted by atomic mass is 35.5. The Labute approximate surface area is 214 Å². The van der Waals surface area contributed by atoms with Gasteiger partial charge in [-0.1, -0.05) is 44.2 Å². The molecule has 1 fully saturated rings. The minimum atomic E-state index is -0.576. The van der Waals surface area contributed by atoms with Crippen LogP contribution in [0, 0.1) is 5.41 Å². The number of benzene rings is 1. The number of likely N-dealkylation sites (tertiary alicyclic amines) is 1. The summed E-state index contributed by atoms with van der Waals surface area (Å²) in [7, 11) is 0. The molecule has 2 aromatic heterocycles. The lowest BCUT2D eigenvalue weighted by Crippen LogP contribution is -2.56. The quantitative estimate of drug-likeness (QED) is 0.466. The second-order valence-electron chi connectivity index (χ2n) is 9.67. The summed E-state index contributed by atoms with van der Waals surface area (Å²) < 4.78 is 6.76. The molecular weight excluding hydrogens is 480 g/mol. The number of ether oxygens (including phenoxy) is 1. The molecule has 1 aliphatic rings. The standard InChI is InChI=1S/C27H29ClN4O4/c1-5-36-17(2)20-10-19-11-22(25(34)30-12-18-6-8-21(28)9-7-18)26(35)32(24(19)29-13-20)14-23(33)31-15-27(3,4)16-31/h6-11,13H,2,5,12,14-16H2,1,3-4H3,(H,30,34). The summed E-state index contributed by atoms with van der Waals surface area (Å²) in [6.45, 7) is 11.6. The van der Waals surface area contributed by atoms with Crippen LogP contribution in [0.4, 0.5) is 0 Å². The molecule has 8 nitrogen and oxygen atoms in total. The summed E-state index contributed by atoms with van der Waals surface area (Å²) in [5.74, 6) is -0.310. The van der Waals surface area contributed by atoms with Crippen LogP contribution < -0.4 is 10.9 Å². The molecule has 3 aromatic rings. The molecule has 188 valence electrons. The van der Waals surface area contributed by atoms with E-state index >= 15 is 0 Å². The van der Waals surface area contributed by atoms with E-state index in [0.29, 0.717) is 47.1 Å². The molecule has 1 saturated heterocycles. The van der Waals surface area contributed by atoms with Crippen molar-refractivity contribution in [1.29, 1.82) is 0 Å². The van der Waals surface area contributed by atoms with Crippen LogP contribution in [0.3, 0.4) is 0 Å². The van der Waals surface area contributed by atoms with Gasteiger partial charge in [0.25, 0.3) is 11.5 Å². The van der Waals surface area contributed by atoms with Crippen molar-refractivity contribution in [2.75, 3.05) is 19.7 Å². The van der Waals surface area contributed by atoms with Crippen LogP contribution in [-0.2, 0) is 22.6 Å². The Balaban J connectivity index is 1.69. The molecule has 0 radical (unpaired) electrons. The lowest BCUT2D eigenvalue weighted by molar-refractivity contribution is -0.142. The summed E-state index contributed by atoms with van der Waals surface area (Å²) >= 11 is 5.93. The van der Waals surface area contributed by atoms with Gasteiger partial charge in [0.1, 0.15) is 23.5 Å². The van der Waals surface area contributed by atoms with Crippen molar-refractivity contribution >= 4 is 40.2 Å². The van der Waals surface area contributed by atoms with Crippen LogP contribution in [-0.4, -0.2) is 46.0 Å². The fraction of sp³-hybridized carbons (Fsp3) is 0.333.